The maximum Gasteiger partial charge on any atom is 0.367 e. The maximum atomic E-state index is 11.6. The van der Waals surface area contributed by atoms with Crippen LogP contribution in [0, 0.1) is 0 Å². The van der Waals surface area contributed by atoms with Crippen LogP contribution < -0.4 is 20.1 Å². The molecule has 0 bridgehead atoms. The zero-order valence-corrected chi connectivity index (χ0v) is 16.9. The third-order valence-corrected chi connectivity index (χ3v) is 5.70. The van der Waals surface area contributed by atoms with Crippen LogP contribution in [-0.4, -0.2) is 75.1 Å². The fourth-order valence-corrected chi connectivity index (χ4v) is 4.02. The second-order valence-corrected chi connectivity index (χ2v) is 7.47. The molecule has 1 saturated carbocycles. The van der Waals surface area contributed by atoms with Crippen molar-refractivity contribution in [3.05, 3.63) is 28.9 Å². The summed E-state index contributed by atoms with van der Waals surface area (Å²) in [4.78, 5) is 29.1. The Hall–Kier alpha value is -2.75. The van der Waals surface area contributed by atoms with Crippen molar-refractivity contribution in [2.45, 2.75) is 37.8 Å². The SMILES string of the molecule is COc1ccnc(N2CCN(C3CCC(Oc4cnn(C)c(=O)n4)CC3)CC2)n1. The van der Waals surface area contributed by atoms with Crippen molar-refractivity contribution in [1.82, 2.24) is 29.6 Å². The molecule has 10 heteroatoms. The minimum absolute atomic E-state index is 0.0964. The van der Waals surface area contributed by atoms with Gasteiger partial charge in [-0.25, -0.2) is 14.5 Å². The number of rotatable bonds is 5. The van der Waals surface area contributed by atoms with E-state index in [-0.39, 0.29) is 6.10 Å². The lowest BCUT2D eigenvalue weighted by molar-refractivity contribution is 0.0811. The molecule has 0 atom stereocenters. The van der Waals surface area contributed by atoms with Crippen molar-refractivity contribution >= 4 is 5.95 Å². The van der Waals surface area contributed by atoms with Crippen LogP contribution in [0.1, 0.15) is 25.7 Å². The molecule has 4 rings (SSSR count). The molecule has 1 aliphatic carbocycles. The minimum Gasteiger partial charge on any atom is -0.481 e. The molecule has 2 aromatic heterocycles. The van der Waals surface area contributed by atoms with Crippen molar-refractivity contribution in [2.75, 3.05) is 38.2 Å². The van der Waals surface area contributed by atoms with Crippen LogP contribution in [0.3, 0.4) is 0 Å². The van der Waals surface area contributed by atoms with E-state index in [9.17, 15) is 4.79 Å². The normalized spacial score (nSPS) is 23.0. The summed E-state index contributed by atoms with van der Waals surface area (Å²) in [6.45, 7) is 3.81. The summed E-state index contributed by atoms with van der Waals surface area (Å²) < 4.78 is 12.3. The van der Waals surface area contributed by atoms with E-state index in [1.807, 2.05) is 0 Å². The van der Waals surface area contributed by atoms with Gasteiger partial charge in [0.15, 0.2) is 0 Å². The van der Waals surface area contributed by atoms with Crippen LogP contribution in [0.5, 0.6) is 11.8 Å². The third kappa shape index (κ3) is 4.64. The van der Waals surface area contributed by atoms with E-state index in [2.05, 4.69) is 29.9 Å². The highest BCUT2D eigenvalue weighted by Crippen LogP contribution is 2.27. The first kappa shape index (κ1) is 19.6. The molecule has 29 heavy (non-hydrogen) atoms. The van der Waals surface area contributed by atoms with Gasteiger partial charge in [-0.2, -0.15) is 15.1 Å². The molecule has 156 valence electrons. The molecule has 0 aromatic carbocycles. The maximum absolute atomic E-state index is 11.6. The summed E-state index contributed by atoms with van der Waals surface area (Å²) in [5.41, 5.74) is -0.394. The molecule has 3 heterocycles. The number of aryl methyl sites for hydroxylation is 1. The lowest BCUT2D eigenvalue weighted by atomic mass is 9.91. The van der Waals surface area contributed by atoms with E-state index in [0.717, 1.165) is 57.8 Å². The molecule has 1 saturated heterocycles. The van der Waals surface area contributed by atoms with Crippen molar-refractivity contribution in [3.8, 4) is 11.8 Å². The first-order chi connectivity index (χ1) is 14.1. The van der Waals surface area contributed by atoms with Crippen LogP contribution in [-0.2, 0) is 7.05 Å². The topological polar surface area (TPSA) is 98.5 Å². The van der Waals surface area contributed by atoms with Crippen LogP contribution in [0.15, 0.2) is 23.3 Å². The smallest absolute Gasteiger partial charge is 0.367 e. The van der Waals surface area contributed by atoms with Gasteiger partial charge in [0.1, 0.15) is 12.3 Å². The Bertz CT molecular complexity index is 874. The quantitative estimate of drug-likeness (QED) is 0.708. The molecule has 0 spiro atoms. The second kappa shape index (κ2) is 8.73. The number of anilines is 1. The lowest BCUT2D eigenvalue weighted by Gasteiger charge is -2.41. The van der Waals surface area contributed by atoms with Gasteiger partial charge < -0.3 is 14.4 Å². The fraction of sp³-hybridized carbons (Fsp3) is 0.632. The molecular weight excluding hydrogens is 374 g/mol. The Kier molecular flexibility index (Phi) is 5.89. The zero-order valence-electron chi connectivity index (χ0n) is 16.9. The third-order valence-electron chi connectivity index (χ3n) is 5.70. The highest BCUT2D eigenvalue weighted by atomic mass is 16.5. The van der Waals surface area contributed by atoms with E-state index >= 15 is 0 Å². The molecule has 10 nitrogen and oxygen atoms in total. The number of piperazine rings is 1. The van der Waals surface area contributed by atoms with Gasteiger partial charge in [-0.1, -0.05) is 0 Å². The molecule has 1 aliphatic heterocycles. The Morgan fingerprint density at radius 2 is 1.79 bits per heavy atom. The Morgan fingerprint density at radius 1 is 1.03 bits per heavy atom. The summed E-state index contributed by atoms with van der Waals surface area (Å²) in [6.07, 6.45) is 7.42. The Labute approximate surface area is 169 Å². The number of ether oxygens (including phenoxy) is 2. The van der Waals surface area contributed by atoms with Gasteiger partial charge >= 0.3 is 5.69 Å². The van der Waals surface area contributed by atoms with Gasteiger partial charge in [0.05, 0.1) is 7.11 Å². The average Bonchev–Trinajstić information content (AvgIpc) is 2.77. The molecule has 0 unspecified atom stereocenters. The van der Waals surface area contributed by atoms with Gasteiger partial charge in [-0.05, 0) is 25.7 Å². The number of hydrogen-bond acceptors (Lipinski definition) is 9. The Morgan fingerprint density at radius 3 is 2.48 bits per heavy atom. The van der Waals surface area contributed by atoms with Gasteiger partial charge in [0, 0.05) is 51.5 Å². The van der Waals surface area contributed by atoms with Crippen LogP contribution in [0.2, 0.25) is 0 Å². The summed E-state index contributed by atoms with van der Waals surface area (Å²) >= 11 is 0. The van der Waals surface area contributed by atoms with Gasteiger partial charge in [0.2, 0.25) is 17.7 Å². The largest absolute Gasteiger partial charge is 0.481 e. The van der Waals surface area contributed by atoms with Gasteiger partial charge in [-0.15, -0.1) is 0 Å². The van der Waals surface area contributed by atoms with Gasteiger partial charge in [-0.3, -0.25) is 4.90 Å². The van der Waals surface area contributed by atoms with E-state index in [0.29, 0.717) is 17.8 Å². The summed E-state index contributed by atoms with van der Waals surface area (Å²) in [5.74, 6) is 1.65. The average molecular weight is 401 g/mol. The van der Waals surface area contributed by atoms with E-state index in [4.69, 9.17) is 9.47 Å². The molecule has 0 radical (unpaired) electrons. The molecule has 0 amide bonds. The first-order valence-electron chi connectivity index (χ1n) is 10.1. The standard InChI is InChI=1S/C19H27N7O3/c1-24-19(27)23-17(13-21-24)29-15-5-3-14(4-6-15)25-9-11-26(12-10-25)18-20-8-7-16(22-18)28-2/h7-8,13-15H,3-6,9-12H2,1-2H3. The zero-order chi connectivity index (χ0) is 20.2. The van der Waals surface area contributed by atoms with Crippen molar-refractivity contribution in [2.24, 2.45) is 7.05 Å². The molecule has 0 N–H and O–H groups in total. The predicted octanol–water partition coefficient (Wildman–Crippen LogP) is 0.486. The fourth-order valence-electron chi connectivity index (χ4n) is 4.02. The van der Waals surface area contributed by atoms with Crippen LogP contribution >= 0.6 is 0 Å². The van der Waals surface area contributed by atoms with Crippen LogP contribution in [0.25, 0.3) is 0 Å². The molecule has 2 aliphatic rings. The summed E-state index contributed by atoms with van der Waals surface area (Å²) in [6, 6.07) is 2.33. The second-order valence-electron chi connectivity index (χ2n) is 7.47. The van der Waals surface area contributed by atoms with Crippen molar-refractivity contribution in [1.29, 1.82) is 0 Å². The highest BCUT2D eigenvalue weighted by Gasteiger charge is 2.30. The monoisotopic (exact) mass is 401 g/mol. The molecular formula is C19H27N7O3. The lowest BCUT2D eigenvalue weighted by Crippen LogP contribution is -2.52. The Balaban J connectivity index is 1.25. The van der Waals surface area contributed by atoms with Crippen LogP contribution in [0.4, 0.5) is 5.95 Å². The molecule has 2 fully saturated rings. The number of hydrogen-bond donors (Lipinski definition) is 0. The number of methoxy groups -OCH3 is 1. The predicted molar refractivity (Wildman–Crippen MR) is 106 cm³/mol. The van der Waals surface area contributed by atoms with E-state index in [1.165, 1.54) is 10.9 Å². The van der Waals surface area contributed by atoms with Gasteiger partial charge in [0.25, 0.3) is 0 Å². The van der Waals surface area contributed by atoms with E-state index in [1.54, 1.807) is 26.4 Å². The summed E-state index contributed by atoms with van der Waals surface area (Å²) in [7, 11) is 3.19. The highest BCUT2D eigenvalue weighted by molar-refractivity contribution is 5.32. The van der Waals surface area contributed by atoms with E-state index < -0.39 is 5.69 Å². The first-order valence-corrected chi connectivity index (χ1v) is 10.1. The minimum atomic E-state index is -0.394. The number of aromatic nitrogens is 5. The molecule has 2 aromatic rings. The van der Waals surface area contributed by atoms with Crippen molar-refractivity contribution in [3.63, 3.8) is 0 Å². The summed E-state index contributed by atoms with van der Waals surface area (Å²) in [5, 5.41) is 3.96. The van der Waals surface area contributed by atoms with Crippen molar-refractivity contribution < 1.29 is 9.47 Å². The number of nitrogens with zero attached hydrogens (tertiary/aromatic N) is 7.